The van der Waals surface area contributed by atoms with Gasteiger partial charge in [-0.3, -0.25) is 9.59 Å². The number of hydrogen-bond acceptors (Lipinski definition) is 8. The average Bonchev–Trinajstić information content (AvgIpc) is 3.10. The zero-order valence-electron chi connectivity index (χ0n) is 16.2. The third kappa shape index (κ3) is 5.20. The molecule has 0 aromatic heterocycles. The van der Waals surface area contributed by atoms with Gasteiger partial charge in [-0.25, -0.2) is 4.83 Å². The number of hydrazone groups is 1. The van der Waals surface area contributed by atoms with E-state index in [1.807, 2.05) is 6.92 Å². The van der Waals surface area contributed by atoms with Crippen molar-refractivity contribution >= 4 is 27.7 Å². The van der Waals surface area contributed by atoms with E-state index in [-0.39, 0.29) is 49.0 Å². The van der Waals surface area contributed by atoms with Crippen LogP contribution in [0.15, 0.2) is 34.3 Å². The molecule has 1 saturated carbocycles. The van der Waals surface area contributed by atoms with Crippen molar-refractivity contribution in [2.24, 2.45) is 11.0 Å². The standard InChI is InChI=1S/C18H21N2O7S.U/c1-11-4-6-14(7-5-11)28(23,24)20-19-16-8-18(10-25-12(2)21)17(27-13(3)22)15(16)9-26-18;/h4-7,9,15,17,20H,8,10H2,1-3H3;/q-1;/t15-,17+,18-;/m1./s1. The normalized spacial score (nSPS) is 26.7. The maximum atomic E-state index is 12.4. The fourth-order valence-electron chi connectivity index (χ4n) is 3.25. The molecule has 1 saturated heterocycles. The van der Waals surface area contributed by atoms with E-state index in [0.29, 0.717) is 5.71 Å². The third-order valence-corrected chi connectivity index (χ3v) is 5.84. The first kappa shape index (κ1) is 23.9. The van der Waals surface area contributed by atoms with Crippen molar-refractivity contribution in [1.29, 1.82) is 0 Å². The van der Waals surface area contributed by atoms with Crippen LogP contribution in [0, 0.1) is 50.6 Å². The smallest absolute Gasteiger partial charge is 0.302 e. The molecule has 2 fully saturated rings. The van der Waals surface area contributed by atoms with Crippen molar-refractivity contribution in [3.05, 3.63) is 36.4 Å². The van der Waals surface area contributed by atoms with Crippen LogP contribution in [-0.4, -0.2) is 44.4 Å². The molecule has 0 radical (unpaired) electrons. The Bertz CT molecular complexity index is 917. The topological polar surface area (TPSA) is 120 Å². The summed E-state index contributed by atoms with van der Waals surface area (Å²) in [5.41, 5.74) is 0.248. The molecule has 1 N–H and O–H groups in total. The summed E-state index contributed by atoms with van der Waals surface area (Å²) in [6, 6.07) is 6.34. The Morgan fingerprint density at radius 3 is 2.52 bits per heavy atom. The van der Waals surface area contributed by atoms with Crippen LogP contribution in [0.25, 0.3) is 0 Å². The van der Waals surface area contributed by atoms with E-state index >= 15 is 0 Å². The summed E-state index contributed by atoms with van der Waals surface area (Å²) in [7, 11) is -3.85. The summed E-state index contributed by atoms with van der Waals surface area (Å²) in [6.45, 7) is 5.66. The van der Waals surface area contributed by atoms with Crippen LogP contribution in [-0.2, 0) is 33.8 Å². The number of aryl methyl sites for hydroxylation is 1. The summed E-state index contributed by atoms with van der Waals surface area (Å²) in [5.74, 6) is -1.57. The first-order valence-electron chi connectivity index (χ1n) is 8.60. The van der Waals surface area contributed by atoms with E-state index in [1.165, 1.54) is 32.6 Å². The molecule has 2 bridgehead atoms. The SMILES string of the molecule is CC(=O)OC[C@@]12CC(=NNS(=O)(=O)c3ccc(C)cc3)[C@@H]([CH-]O1)[C@@H]2OC(C)=O.[U]. The third-order valence-electron chi connectivity index (χ3n) is 4.61. The maximum absolute atomic E-state index is 12.4. The fourth-order valence-corrected chi connectivity index (χ4v) is 4.09. The van der Waals surface area contributed by atoms with Gasteiger partial charge < -0.3 is 14.2 Å². The molecule has 3 rings (SSSR count). The number of esters is 2. The minimum atomic E-state index is -3.85. The Morgan fingerprint density at radius 1 is 1.28 bits per heavy atom. The molecule has 0 unspecified atom stereocenters. The molecule has 1 aliphatic heterocycles. The molecule has 1 aromatic carbocycles. The number of carbonyl (C=O) groups excluding carboxylic acids is 2. The molecule has 11 heteroatoms. The van der Waals surface area contributed by atoms with Gasteiger partial charge in [-0.2, -0.15) is 20.1 Å². The largest absolute Gasteiger partial charge is 0.541 e. The molecule has 2 aliphatic rings. The predicted molar refractivity (Wildman–Crippen MR) is 97.3 cm³/mol. The Kier molecular flexibility index (Phi) is 7.54. The van der Waals surface area contributed by atoms with E-state index in [0.717, 1.165) is 5.56 Å². The molecule has 0 amide bonds. The molecule has 0 spiro atoms. The Morgan fingerprint density at radius 2 is 1.93 bits per heavy atom. The molecule has 9 nitrogen and oxygen atoms in total. The molecule has 3 atom stereocenters. The van der Waals surface area contributed by atoms with Gasteiger partial charge in [0, 0.05) is 57.1 Å². The minimum absolute atomic E-state index is 0. The van der Waals surface area contributed by atoms with E-state index < -0.39 is 39.6 Å². The van der Waals surface area contributed by atoms with Crippen LogP contribution in [0.1, 0.15) is 25.8 Å². The zero-order valence-corrected chi connectivity index (χ0v) is 21.1. The van der Waals surface area contributed by atoms with Gasteiger partial charge in [-0.05, 0) is 19.1 Å². The van der Waals surface area contributed by atoms with Gasteiger partial charge in [0.25, 0.3) is 10.0 Å². The van der Waals surface area contributed by atoms with Gasteiger partial charge in [0.05, 0.1) is 4.90 Å². The Balaban J connectivity index is 0.00000300. The second-order valence-electron chi connectivity index (χ2n) is 6.84. The second kappa shape index (κ2) is 9.17. The summed E-state index contributed by atoms with van der Waals surface area (Å²) in [6.07, 6.45) is -0.609. The van der Waals surface area contributed by atoms with Crippen molar-refractivity contribution in [2.75, 3.05) is 6.61 Å². The van der Waals surface area contributed by atoms with Crippen molar-refractivity contribution in [2.45, 2.75) is 43.8 Å². The Hall–Kier alpha value is -1.41. The minimum Gasteiger partial charge on any atom is -0.541 e. The number of nitrogens with zero attached hydrogens (tertiary/aromatic N) is 1. The number of fused-ring (bicyclic) bond motifs is 2. The van der Waals surface area contributed by atoms with Crippen molar-refractivity contribution in [3.8, 4) is 0 Å². The van der Waals surface area contributed by atoms with E-state index in [2.05, 4.69) is 9.93 Å². The van der Waals surface area contributed by atoms with Gasteiger partial charge in [0.15, 0.2) is 0 Å². The second-order valence-corrected chi connectivity index (χ2v) is 8.50. The first-order valence-corrected chi connectivity index (χ1v) is 10.1. The molecule has 1 heterocycles. The molecule has 156 valence electrons. The summed E-state index contributed by atoms with van der Waals surface area (Å²) in [4.78, 5) is 25.0. The van der Waals surface area contributed by atoms with Gasteiger partial charge in [-0.1, -0.05) is 23.6 Å². The van der Waals surface area contributed by atoms with E-state index in [9.17, 15) is 18.0 Å². The van der Waals surface area contributed by atoms with Crippen LogP contribution in [0.4, 0.5) is 0 Å². The number of nitrogens with one attached hydrogen (secondary N) is 1. The van der Waals surface area contributed by atoms with Crippen LogP contribution in [0.2, 0.25) is 0 Å². The number of carbonyl (C=O) groups is 2. The number of benzene rings is 1. The number of rotatable bonds is 6. The fraction of sp³-hybridized carbons (Fsp3) is 0.444. The molecule has 1 aliphatic carbocycles. The Labute approximate surface area is 193 Å². The van der Waals surface area contributed by atoms with Crippen molar-refractivity contribution < 1.29 is 63.3 Å². The zero-order chi connectivity index (χ0) is 20.5. The average molecular weight is 647 g/mol. The molecule has 29 heavy (non-hydrogen) atoms. The molecular weight excluding hydrogens is 626 g/mol. The predicted octanol–water partition coefficient (Wildman–Crippen LogP) is 1.07. The summed E-state index contributed by atoms with van der Waals surface area (Å²) in [5, 5.41) is 4.04. The number of hydrogen-bond donors (Lipinski definition) is 1. The van der Waals surface area contributed by atoms with E-state index in [1.54, 1.807) is 12.1 Å². The molecular formula is C18H21N2O7SU-. The monoisotopic (exact) mass is 647 g/mol. The summed E-state index contributed by atoms with van der Waals surface area (Å²) < 4.78 is 40.9. The maximum Gasteiger partial charge on any atom is 0.302 e. The summed E-state index contributed by atoms with van der Waals surface area (Å²) >= 11 is 0. The molecule has 1 aromatic rings. The number of sulfonamides is 1. The van der Waals surface area contributed by atoms with Gasteiger partial charge in [-0.15, -0.1) is 0 Å². The van der Waals surface area contributed by atoms with E-state index in [4.69, 9.17) is 14.2 Å². The van der Waals surface area contributed by atoms with Crippen LogP contribution in [0.3, 0.4) is 0 Å². The van der Waals surface area contributed by atoms with Gasteiger partial charge in [0.1, 0.15) is 18.3 Å². The van der Waals surface area contributed by atoms with Gasteiger partial charge >= 0.3 is 11.9 Å². The number of ether oxygens (including phenoxy) is 3. The van der Waals surface area contributed by atoms with Crippen LogP contribution >= 0.6 is 0 Å². The van der Waals surface area contributed by atoms with Crippen LogP contribution < -0.4 is 4.83 Å². The van der Waals surface area contributed by atoms with Crippen molar-refractivity contribution in [3.63, 3.8) is 0 Å². The first-order chi connectivity index (χ1) is 13.1. The van der Waals surface area contributed by atoms with Crippen LogP contribution in [0.5, 0.6) is 0 Å². The van der Waals surface area contributed by atoms with Gasteiger partial charge in [0.2, 0.25) is 0 Å². The quantitative estimate of drug-likeness (QED) is 0.279. The van der Waals surface area contributed by atoms with Crippen molar-refractivity contribution in [1.82, 2.24) is 4.83 Å².